The van der Waals surface area contributed by atoms with Gasteiger partial charge >= 0.3 is 6.03 Å². The van der Waals surface area contributed by atoms with Gasteiger partial charge in [-0.3, -0.25) is 0 Å². The summed E-state index contributed by atoms with van der Waals surface area (Å²) in [5.74, 6) is 0. The van der Waals surface area contributed by atoms with E-state index in [4.69, 9.17) is 0 Å². The zero-order chi connectivity index (χ0) is 14.1. The quantitative estimate of drug-likeness (QED) is 0.766. The van der Waals surface area contributed by atoms with Crippen LogP contribution in [0.2, 0.25) is 0 Å². The maximum Gasteiger partial charge on any atom is 0.317 e. The first-order valence-electron chi connectivity index (χ1n) is 7.62. The molecule has 0 aliphatic carbocycles. The molecule has 2 heterocycles. The number of piperidine rings is 2. The van der Waals surface area contributed by atoms with Crippen LogP contribution >= 0.6 is 0 Å². The average molecular weight is 267 g/mol. The minimum atomic E-state index is 0.0849. The first-order chi connectivity index (χ1) is 8.77. The van der Waals surface area contributed by atoms with Crippen molar-refractivity contribution in [3.8, 4) is 0 Å². The fourth-order valence-electron chi connectivity index (χ4n) is 3.79. The lowest BCUT2D eigenvalue weighted by Crippen LogP contribution is -2.63. The summed E-state index contributed by atoms with van der Waals surface area (Å²) < 4.78 is 0. The van der Waals surface area contributed by atoms with Gasteiger partial charge in [-0.1, -0.05) is 0 Å². The zero-order valence-electron chi connectivity index (χ0n) is 12.9. The number of hydrogen-bond acceptors (Lipinski definition) is 2. The normalized spacial score (nSPS) is 27.1. The fraction of sp³-hybridized carbons (Fsp3) is 0.933. The second kappa shape index (κ2) is 5.31. The van der Waals surface area contributed by atoms with Crippen LogP contribution in [-0.4, -0.2) is 41.1 Å². The maximum absolute atomic E-state index is 12.3. The first-order valence-corrected chi connectivity index (χ1v) is 7.62. The lowest BCUT2D eigenvalue weighted by Gasteiger charge is -2.47. The van der Waals surface area contributed by atoms with Gasteiger partial charge in [-0.25, -0.2) is 4.79 Å². The molecule has 0 aromatic rings. The molecule has 0 radical (unpaired) electrons. The summed E-state index contributed by atoms with van der Waals surface area (Å²) >= 11 is 0. The molecule has 2 aliphatic rings. The molecule has 0 aromatic heterocycles. The van der Waals surface area contributed by atoms with Crippen LogP contribution in [-0.2, 0) is 0 Å². The maximum atomic E-state index is 12.3. The summed E-state index contributed by atoms with van der Waals surface area (Å²) in [4.78, 5) is 14.3. The Labute approximate surface area is 117 Å². The molecule has 19 heavy (non-hydrogen) atoms. The van der Waals surface area contributed by atoms with E-state index in [-0.39, 0.29) is 23.2 Å². The molecule has 0 spiro atoms. The monoisotopic (exact) mass is 267 g/mol. The Morgan fingerprint density at radius 3 is 2.11 bits per heavy atom. The molecule has 2 N–H and O–H groups in total. The van der Waals surface area contributed by atoms with E-state index in [1.165, 1.54) is 6.42 Å². The molecular formula is C15H29N3O. The van der Waals surface area contributed by atoms with Gasteiger partial charge in [0.25, 0.3) is 0 Å². The highest BCUT2D eigenvalue weighted by Crippen LogP contribution is 2.28. The predicted octanol–water partition coefficient (Wildman–Crippen LogP) is 2.49. The van der Waals surface area contributed by atoms with E-state index in [9.17, 15) is 4.79 Å². The Hall–Kier alpha value is -0.770. The van der Waals surface area contributed by atoms with E-state index < -0.39 is 0 Å². The second-order valence-corrected chi connectivity index (χ2v) is 7.50. The van der Waals surface area contributed by atoms with Crippen LogP contribution in [0.15, 0.2) is 0 Å². The third-order valence-corrected chi connectivity index (χ3v) is 4.16. The molecule has 0 unspecified atom stereocenters. The van der Waals surface area contributed by atoms with Gasteiger partial charge in [0.05, 0.1) is 0 Å². The standard InChI is InChI=1S/C15H29N3O/c1-14(2)10-12(11-15(3,4)17-14)16-13(19)18-8-6-5-7-9-18/h12,17H,5-11H2,1-4H3,(H,16,19). The number of carbonyl (C=O) groups is 1. The highest BCUT2D eigenvalue weighted by molar-refractivity contribution is 5.74. The first kappa shape index (κ1) is 14.6. The molecule has 110 valence electrons. The Morgan fingerprint density at radius 2 is 1.58 bits per heavy atom. The van der Waals surface area contributed by atoms with Crippen LogP contribution in [0.1, 0.15) is 59.8 Å². The van der Waals surface area contributed by atoms with Crippen molar-refractivity contribution in [1.82, 2.24) is 15.5 Å². The largest absolute Gasteiger partial charge is 0.335 e. The van der Waals surface area contributed by atoms with Crippen LogP contribution in [0.25, 0.3) is 0 Å². The number of urea groups is 1. The van der Waals surface area contributed by atoms with Crippen molar-refractivity contribution < 1.29 is 4.79 Å². The number of hydrogen-bond donors (Lipinski definition) is 2. The Morgan fingerprint density at radius 1 is 1.05 bits per heavy atom. The molecular weight excluding hydrogens is 238 g/mol. The number of likely N-dealkylation sites (tertiary alicyclic amines) is 1. The lowest BCUT2D eigenvalue weighted by atomic mass is 9.79. The molecule has 2 rings (SSSR count). The molecule has 2 saturated heterocycles. The summed E-state index contributed by atoms with van der Waals surface area (Å²) in [5.41, 5.74) is 0.170. The van der Waals surface area contributed by atoms with Gasteiger partial charge in [0.15, 0.2) is 0 Å². The molecule has 0 bridgehead atoms. The molecule has 2 aliphatic heterocycles. The minimum absolute atomic E-state index is 0.0849. The molecule has 2 fully saturated rings. The number of amides is 2. The van der Waals surface area contributed by atoms with Gasteiger partial charge in [-0.05, 0) is 59.8 Å². The summed E-state index contributed by atoms with van der Waals surface area (Å²) in [6.07, 6.45) is 5.55. The molecule has 4 heteroatoms. The molecule has 2 amide bonds. The third-order valence-electron chi connectivity index (χ3n) is 4.16. The van der Waals surface area contributed by atoms with Gasteiger partial charge in [-0.2, -0.15) is 0 Å². The van der Waals surface area contributed by atoms with Crippen molar-refractivity contribution in [3.63, 3.8) is 0 Å². The molecule has 0 aromatic carbocycles. The van der Waals surface area contributed by atoms with Gasteiger partial charge in [0.1, 0.15) is 0 Å². The summed E-state index contributed by atoms with van der Waals surface area (Å²) in [6.45, 7) is 10.7. The highest BCUT2D eigenvalue weighted by Gasteiger charge is 2.38. The van der Waals surface area contributed by atoms with Crippen molar-refractivity contribution in [2.45, 2.75) is 76.9 Å². The van der Waals surface area contributed by atoms with Crippen LogP contribution in [0, 0.1) is 0 Å². The van der Waals surface area contributed by atoms with Crippen LogP contribution in [0.5, 0.6) is 0 Å². The Balaban J connectivity index is 1.92. The van der Waals surface area contributed by atoms with E-state index in [2.05, 4.69) is 38.3 Å². The van der Waals surface area contributed by atoms with Crippen molar-refractivity contribution >= 4 is 6.03 Å². The number of carbonyl (C=O) groups excluding carboxylic acids is 1. The number of nitrogens with zero attached hydrogens (tertiary/aromatic N) is 1. The van der Waals surface area contributed by atoms with Gasteiger partial charge in [-0.15, -0.1) is 0 Å². The van der Waals surface area contributed by atoms with E-state index >= 15 is 0 Å². The number of rotatable bonds is 1. The van der Waals surface area contributed by atoms with Crippen LogP contribution in [0.4, 0.5) is 4.79 Å². The smallest absolute Gasteiger partial charge is 0.317 e. The van der Waals surface area contributed by atoms with Crippen molar-refractivity contribution in [2.24, 2.45) is 0 Å². The third kappa shape index (κ3) is 4.10. The van der Waals surface area contributed by atoms with E-state index in [0.717, 1.165) is 38.8 Å². The topological polar surface area (TPSA) is 44.4 Å². The van der Waals surface area contributed by atoms with Crippen molar-refractivity contribution in [1.29, 1.82) is 0 Å². The number of nitrogens with one attached hydrogen (secondary N) is 2. The summed E-state index contributed by atoms with van der Waals surface area (Å²) in [5, 5.41) is 6.90. The fourth-order valence-corrected chi connectivity index (χ4v) is 3.79. The highest BCUT2D eigenvalue weighted by atomic mass is 16.2. The van der Waals surface area contributed by atoms with Crippen molar-refractivity contribution in [2.75, 3.05) is 13.1 Å². The van der Waals surface area contributed by atoms with E-state index in [1.54, 1.807) is 0 Å². The minimum Gasteiger partial charge on any atom is -0.335 e. The Bertz CT molecular complexity index is 316. The van der Waals surface area contributed by atoms with Gasteiger partial charge in [0, 0.05) is 30.2 Å². The van der Waals surface area contributed by atoms with E-state index in [0.29, 0.717) is 0 Å². The van der Waals surface area contributed by atoms with Crippen LogP contribution < -0.4 is 10.6 Å². The molecule has 0 saturated carbocycles. The summed E-state index contributed by atoms with van der Waals surface area (Å²) in [6, 6.07) is 0.416. The second-order valence-electron chi connectivity index (χ2n) is 7.50. The van der Waals surface area contributed by atoms with Gasteiger partial charge in [0.2, 0.25) is 0 Å². The summed E-state index contributed by atoms with van der Waals surface area (Å²) in [7, 11) is 0. The molecule has 4 nitrogen and oxygen atoms in total. The van der Waals surface area contributed by atoms with Crippen LogP contribution in [0.3, 0.4) is 0 Å². The Kier molecular flexibility index (Phi) is 4.09. The molecule has 0 atom stereocenters. The average Bonchev–Trinajstić information content (AvgIpc) is 2.25. The lowest BCUT2D eigenvalue weighted by molar-refractivity contribution is 0.136. The SMILES string of the molecule is CC1(C)CC(NC(=O)N2CCCCC2)CC(C)(C)N1. The van der Waals surface area contributed by atoms with E-state index in [1.807, 2.05) is 4.90 Å². The van der Waals surface area contributed by atoms with Gasteiger partial charge < -0.3 is 15.5 Å². The predicted molar refractivity (Wildman–Crippen MR) is 78.3 cm³/mol. The van der Waals surface area contributed by atoms with Crippen molar-refractivity contribution in [3.05, 3.63) is 0 Å². The zero-order valence-corrected chi connectivity index (χ0v) is 12.9.